The maximum absolute atomic E-state index is 11.7. The predicted molar refractivity (Wildman–Crippen MR) is 65.6 cm³/mol. The molecule has 0 aliphatic heterocycles. The lowest BCUT2D eigenvalue weighted by atomic mass is 9.85. The van der Waals surface area contributed by atoms with Gasteiger partial charge in [-0.15, -0.1) is 0 Å². The monoisotopic (exact) mass is 215 g/mol. The highest BCUT2D eigenvalue weighted by Gasteiger charge is 2.15. The Hall–Kier alpha value is -1.62. The van der Waals surface area contributed by atoms with Crippen LogP contribution < -0.4 is 0 Å². The summed E-state index contributed by atoms with van der Waals surface area (Å²) in [5.74, 6) is 0.0575. The number of hydrogen-bond acceptors (Lipinski definition) is 1. The largest absolute Gasteiger partial charge is 0.316 e. The van der Waals surface area contributed by atoms with Gasteiger partial charge < -0.3 is 4.85 Å². The lowest BCUT2D eigenvalue weighted by molar-refractivity contribution is 0.0987. The molecule has 0 atom stereocenters. The predicted octanol–water partition coefficient (Wildman–Crippen LogP) is 3.48. The van der Waals surface area contributed by atoms with Crippen LogP contribution in [0.1, 0.15) is 43.1 Å². The van der Waals surface area contributed by atoms with Crippen LogP contribution in [0.25, 0.3) is 4.85 Å². The Morgan fingerprint density at radius 2 is 2.06 bits per heavy atom. The molecule has 2 heteroatoms. The second-order valence-electron chi connectivity index (χ2n) is 4.89. The quantitative estimate of drug-likeness (QED) is 0.558. The standard InChI is InChI=1S/C14H17NO/c1-14(2,3)12-7-5-6-11(10-12)13(16)8-9-15-4/h5-7,10H,8-9H2,1-3H3. The fraction of sp³-hybridized carbons (Fsp3) is 0.429. The number of carbonyl (C=O) groups excluding carboxylic acids is 1. The molecule has 0 aliphatic rings. The highest BCUT2D eigenvalue weighted by Crippen LogP contribution is 2.23. The Bertz CT molecular complexity index is 421. The van der Waals surface area contributed by atoms with Gasteiger partial charge in [0.15, 0.2) is 5.78 Å². The van der Waals surface area contributed by atoms with Gasteiger partial charge in [0.1, 0.15) is 0 Å². The van der Waals surface area contributed by atoms with Gasteiger partial charge in [0, 0.05) is 5.56 Å². The number of Topliss-reactive ketones (excluding diaryl/α,β-unsaturated/α-hetero) is 1. The molecule has 0 spiro atoms. The van der Waals surface area contributed by atoms with E-state index in [1.54, 1.807) is 0 Å². The molecule has 84 valence electrons. The first kappa shape index (κ1) is 12.4. The summed E-state index contributed by atoms with van der Waals surface area (Å²) in [5.41, 5.74) is 1.92. The van der Waals surface area contributed by atoms with E-state index in [0.29, 0.717) is 6.42 Å². The molecule has 0 amide bonds. The van der Waals surface area contributed by atoms with Crippen molar-refractivity contribution in [3.8, 4) is 0 Å². The van der Waals surface area contributed by atoms with Crippen molar-refractivity contribution in [2.45, 2.75) is 32.6 Å². The first-order valence-electron chi connectivity index (χ1n) is 5.42. The topological polar surface area (TPSA) is 21.4 Å². The van der Waals surface area contributed by atoms with Gasteiger partial charge in [-0.25, -0.2) is 6.57 Å². The van der Waals surface area contributed by atoms with Crippen molar-refractivity contribution in [1.29, 1.82) is 0 Å². The smallest absolute Gasteiger partial charge is 0.221 e. The number of ketones is 1. The number of nitrogens with zero attached hydrogens (tertiary/aromatic N) is 1. The Morgan fingerprint density at radius 3 is 2.62 bits per heavy atom. The summed E-state index contributed by atoms with van der Waals surface area (Å²) in [6.07, 6.45) is 0.317. The van der Waals surface area contributed by atoms with Gasteiger partial charge in [0.2, 0.25) is 6.54 Å². The number of hydrogen-bond donors (Lipinski definition) is 0. The summed E-state index contributed by atoms with van der Waals surface area (Å²) in [4.78, 5) is 14.9. The fourth-order valence-electron chi connectivity index (χ4n) is 1.46. The van der Waals surface area contributed by atoms with E-state index in [2.05, 4.69) is 25.6 Å². The van der Waals surface area contributed by atoms with Crippen molar-refractivity contribution in [1.82, 2.24) is 0 Å². The Morgan fingerprint density at radius 1 is 1.38 bits per heavy atom. The minimum Gasteiger partial charge on any atom is -0.316 e. The van der Waals surface area contributed by atoms with Crippen molar-refractivity contribution in [3.05, 3.63) is 46.8 Å². The fourth-order valence-corrected chi connectivity index (χ4v) is 1.46. The maximum Gasteiger partial charge on any atom is 0.221 e. The molecule has 0 unspecified atom stereocenters. The summed E-state index contributed by atoms with van der Waals surface area (Å²) in [6, 6.07) is 7.70. The Labute approximate surface area is 97.1 Å². The van der Waals surface area contributed by atoms with Gasteiger partial charge in [-0.2, -0.15) is 0 Å². The molecular weight excluding hydrogens is 198 g/mol. The number of carbonyl (C=O) groups is 1. The van der Waals surface area contributed by atoms with Crippen molar-refractivity contribution >= 4 is 5.78 Å². The third-order valence-corrected chi connectivity index (χ3v) is 2.50. The van der Waals surface area contributed by atoms with E-state index < -0.39 is 0 Å². The molecule has 0 bridgehead atoms. The molecule has 1 rings (SSSR count). The molecule has 2 nitrogen and oxygen atoms in total. The van der Waals surface area contributed by atoms with E-state index in [1.165, 1.54) is 0 Å². The zero-order valence-electron chi connectivity index (χ0n) is 10.1. The molecule has 0 aliphatic carbocycles. The number of benzene rings is 1. The zero-order chi connectivity index (χ0) is 12.2. The van der Waals surface area contributed by atoms with Crippen LogP contribution in [0.5, 0.6) is 0 Å². The molecule has 0 heterocycles. The molecular formula is C14H17NO. The Balaban J connectivity index is 2.91. The summed E-state index contributed by atoms with van der Waals surface area (Å²) in [5, 5.41) is 0. The van der Waals surface area contributed by atoms with Crippen molar-refractivity contribution in [2.75, 3.05) is 6.54 Å². The molecule has 1 aromatic rings. The van der Waals surface area contributed by atoms with E-state index >= 15 is 0 Å². The van der Waals surface area contributed by atoms with Crippen LogP contribution in [-0.4, -0.2) is 12.3 Å². The van der Waals surface area contributed by atoms with Gasteiger partial charge in [-0.05, 0) is 17.0 Å². The first-order chi connectivity index (χ1) is 7.45. The third-order valence-electron chi connectivity index (χ3n) is 2.50. The first-order valence-corrected chi connectivity index (χ1v) is 5.42. The molecule has 1 aromatic carbocycles. The zero-order valence-corrected chi connectivity index (χ0v) is 10.1. The van der Waals surface area contributed by atoms with E-state index in [1.807, 2.05) is 24.3 Å². The minimum atomic E-state index is 0.0517. The molecule has 0 fully saturated rings. The van der Waals surface area contributed by atoms with Gasteiger partial charge in [0.05, 0.1) is 6.42 Å². The highest BCUT2D eigenvalue weighted by molar-refractivity contribution is 5.96. The summed E-state index contributed by atoms with van der Waals surface area (Å²) in [7, 11) is 0. The molecule has 0 aromatic heterocycles. The lowest BCUT2D eigenvalue weighted by Gasteiger charge is -2.19. The second kappa shape index (κ2) is 4.94. The summed E-state index contributed by atoms with van der Waals surface area (Å²) in [6.45, 7) is 13.3. The average Bonchev–Trinajstić information content (AvgIpc) is 2.25. The van der Waals surface area contributed by atoms with E-state index in [0.717, 1.165) is 11.1 Å². The minimum absolute atomic E-state index is 0.0517. The summed E-state index contributed by atoms with van der Waals surface area (Å²) >= 11 is 0. The second-order valence-corrected chi connectivity index (χ2v) is 4.89. The van der Waals surface area contributed by atoms with Crippen LogP contribution in [0, 0.1) is 6.57 Å². The van der Waals surface area contributed by atoms with Crippen LogP contribution in [0.3, 0.4) is 0 Å². The van der Waals surface area contributed by atoms with Crippen molar-refractivity contribution in [3.63, 3.8) is 0 Å². The maximum atomic E-state index is 11.7. The number of rotatable bonds is 3. The van der Waals surface area contributed by atoms with Crippen LogP contribution in [-0.2, 0) is 5.41 Å². The average molecular weight is 215 g/mol. The van der Waals surface area contributed by atoms with Crippen molar-refractivity contribution < 1.29 is 4.79 Å². The third kappa shape index (κ3) is 3.20. The molecule has 0 N–H and O–H groups in total. The van der Waals surface area contributed by atoms with Crippen LogP contribution in [0.4, 0.5) is 0 Å². The van der Waals surface area contributed by atoms with Gasteiger partial charge in [-0.1, -0.05) is 39.0 Å². The normalized spacial score (nSPS) is 10.9. The van der Waals surface area contributed by atoms with E-state index in [-0.39, 0.29) is 17.7 Å². The lowest BCUT2D eigenvalue weighted by Crippen LogP contribution is -2.12. The molecule has 0 saturated heterocycles. The Kier molecular flexibility index (Phi) is 3.84. The molecule has 0 saturated carbocycles. The van der Waals surface area contributed by atoms with Crippen LogP contribution >= 0.6 is 0 Å². The van der Waals surface area contributed by atoms with E-state index in [9.17, 15) is 4.79 Å². The van der Waals surface area contributed by atoms with Gasteiger partial charge in [0.25, 0.3) is 0 Å². The molecule has 0 radical (unpaired) electrons. The van der Waals surface area contributed by atoms with Crippen LogP contribution in [0.2, 0.25) is 0 Å². The molecule has 16 heavy (non-hydrogen) atoms. The van der Waals surface area contributed by atoms with Gasteiger partial charge >= 0.3 is 0 Å². The van der Waals surface area contributed by atoms with Crippen molar-refractivity contribution in [2.24, 2.45) is 0 Å². The van der Waals surface area contributed by atoms with Gasteiger partial charge in [-0.3, -0.25) is 4.79 Å². The van der Waals surface area contributed by atoms with E-state index in [4.69, 9.17) is 6.57 Å². The highest BCUT2D eigenvalue weighted by atomic mass is 16.1. The van der Waals surface area contributed by atoms with Crippen LogP contribution in [0.15, 0.2) is 24.3 Å². The summed E-state index contributed by atoms with van der Waals surface area (Å²) < 4.78 is 0. The SMILES string of the molecule is [C-]#[N+]CCC(=O)c1cccc(C(C)(C)C)c1.